The second-order valence-electron chi connectivity index (χ2n) is 6.81. The number of carboxylic acid groups (broad SMARTS) is 1. The zero-order valence-electron chi connectivity index (χ0n) is 14.0. The molecule has 25 heavy (non-hydrogen) atoms. The summed E-state index contributed by atoms with van der Waals surface area (Å²) in [7, 11) is 0. The van der Waals surface area contributed by atoms with Crippen LogP contribution in [0.2, 0.25) is 0 Å². The Balaban J connectivity index is 1.54. The minimum Gasteiger partial charge on any atom is -0.478 e. The molecule has 1 fully saturated rings. The Labute approximate surface area is 146 Å². The van der Waals surface area contributed by atoms with Crippen LogP contribution < -0.4 is 0 Å². The largest absolute Gasteiger partial charge is 0.478 e. The third-order valence-corrected chi connectivity index (χ3v) is 5.32. The summed E-state index contributed by atoms with van der Waals surface area (Å²) < 4.78 is 1.95. The van der Waals surface area contributed by atoms with Crippen molar-refractivity contribution in [1.29, 1.82) is 0 Å². The molecule has 1 amide bonds. The summed E-state index contributed by atoms with van der Waals surface area (Å²) >= 11 is 0. The number of aryl methyl sites for hydroxylation is 1. The molecule has 0 bridgehead atoms. The molecule has 0 aliphatic carbocycles. The lowest BCUT2D eigenvalue weighted by Gasteiger charge is -2.19. The number of carbonyl (C=O) groups excluding carboxylic acids is 1. The van der Waals surface area contributed by atoms with Crippen molar-refractivity contribution in [1.82, 2.24) is 14.7 Å². The summed E-state index contributed by atoms with van der Waals surface area (Å²) in [6, 6.07) is 7.10. The lowest BCUT2D eigenvalue weighted by Crippen LogP contribution is -2.29. The van der Waals surface area contributed by atoms with Gasteiger partial charge in [0, 0.05) is 25.6 Å². The van der Waals surface area contributed by atoms with Gasteiger partial charge in [-0.25, -0.2) is 4.79 Å². The Morgan fingerprint density at radius 1 is 1.12 bits per heavy atom. The van der Waals surface area contributed by atoms with Crippen molar-refractivity contribution in [3.63, 3.8) is 0 Å². The van der Waals surface area contributed by atoms with Crippen molar-refractivity contribution in [2.24, 2.45) is 0 Å². The van der Waals surface area contributed by atoms with Gasteiger partial charge in [0.05, 0.1) is 23.0 Å². The first-order valence-corrected chi connectivity index (χ1v) is 8.81. The quantitative estimate of drug-likeness (QED) is 0.932. The Bertz CT molecular complexity index is 827. The number of hydrogen-bond donors (Lipinski definition) is 1. The first kappa shape index (κ1) is 15.9. The molecule has 0 radical (unpaired) electrons. The Hall–Kier alpha value is -2.63. The molecule has 1 atom stereocenters. The molecular weight excluding hydrogens is 318 g/mol. The fourth-order valence-corrected chi connectivity index (χ4v) is 4.02. The maximum atomic E-state index is 12.9. The molecule has 0 spiro atoms. The molecule has 2 aromatic rings. The van der Waals surface area contributed by atoms with Crippen molar-refractivity contribution < 1.29 is 14.7 Å². The predicted octanol–water partition coefficient (Wildman–Crippen LogP) is 2.55. The van der Waals surface area contributed by atoms with E-state index in [0.29, 0.717) is 24.2 Å². The van der Waals surface area contributed by atoms with Crippen LogP contribution in [-0.4, -0.2) is 44.8 Å². The topological polar surface area (TPSA) is 75.4 Å². The zero-order chi connectivity index (χ0) is 17.4. The minimum atomic E-state index is -0.911. The fourth-order valence-electron chi connectivity index (χ4n) is 4.02. The summed E-state index contributed by atoms with van der Waals surface area (Å²) in [5.41, 5.74) is 2.92. The van der Waals surface area contributed by atoms with Gasteiger partial charge in [0.15, 0.2) is 0 Å². The molecule has 0 saturated carbocycles. The number of likely N-dealkylation sites (tertiary alicyclic amines) is 1. The number of carboxylic acids is 1. The average Bonchev–Trinajstić information content (AvgIpc) is 3.28. The van der Waals surface area contributed by atoms with E-state index >= 15 is 0 Å². The van der Waals surface area contributed by atoms with Gasteiger partial charge in [-0.15, -0.1) is 0 Å². The molecule has 1 N–H and O–H groups in total. The van der Waals surface area contributed by atoms with Crippen LogP contribution in [0.4, 0.5) is 0 Å². The molecule has 2 aliphatic rings. The van der Waals surface area contributed by atoms with Gasteiger partial charge in [-0.05, 0) is 37.3 Å². The lowest BCUT2D eigenvalue weighted by atomic mass is 9.93. The highest BCUT2D eigenvalue weighted by Gasteiger charge is 2.32. The highest BCUT2D eigenvalue weighted by molar-refractivity contribution is 5.95. The molecule has 1 aromatic heterocycles. The molecule has 1 saturated heterocycles. The van der Waals surface area contributed by atoms with E-state index in [0.717, 1.165) is 43.5 Å². The van der Waals surface area contributed by atoms with E-state index in [2.05, 4.69) is 5.10 Å². The number of hydrogen-bond acceptors (Lipinski definition) is 3. The van der Waals surface area contributed by atoms with Gasteiger partial charge in [-0.3, -0.25) is 9.48 Å². The number of carbonyl (C=O) groups is 2. The fraction of sp³-hybridized carbons (Fsp3) is 0.421. The third kappa shape index (κ3) is 2.81. The minimum absolute atomic E-state index is 0.0263. The molecule has 4 rings (SSSR count). The second-order valence-corrected chi connectivity index (χ2v) is 6.81. The first-order chi connectivity index (χ1) is 12.1. The number of benzene rings is 1. The standard InChI is InChI=1S/C19H21N3O3/c23-18(16-11-20-22-9-4-3-7-17(16)22)21-10-8-13(12-21)14-5-1-2-6-15(14)19(24)25/h1-2,5-6,11,13H,3-4,7-10,12H2,(H,24,25)/t13-/m0/s1. The van der Waals surface area contributed by atoms with E-state index in [4.69, 9.17) is 0 Å². The van der Waals surface area contributed by atoms with E-state index in [1.165, 1.54) is 0 Å². The monoisotopic (exact) mass is 339 g/mol. The number of amides is 1. The number of aromatic nitrogens is 2. The lowest BCUT2D eigenvalue weighted by molar-refractivity contribution is 0.0695. The van der Waals surface area contributed by atoms with Crippen LogP contribution in [0.5, 0.6) is 0 Å². The van der Waals surface area contributed by atoms with Crippen LogP contribution in [0.3, 0.4) is 0 Å². The number of aromatic carboxylic acids is 1. The first-order valence-electron chi connectivity index (χ1n) is 8.81. The maximum Gasteiger partial charge on any atom is 0.335 e. The van der Waals surface area contributed by atoms with Crippen molar-refractivity contribution in [2.75, 3.05) is 13.1 Å². The second kappa shape index (κ2) is 6.35. The molecule has 1 aromatic carbocycles. The molecule has 6 heteroatoms. The van der Waals surface area contributed by atoms with Crippen molar-refractivity contribution >= 4 is 11.9 Å². The molecule has 0 unspecified atom stereocenters. The van der Waals surface area contributed by atoms with Crippen LogP contribution in [0.25, 0.3) is 0 Å². The smallest absolute Gasteiger partial charge is 0.335 e. The predicted molar refractivity (Wildman–Crippen MR) is 91.8 cm³/mol. The van der Waals surface area contributed by atoms with Crippen molar-refractivity contribution in [3.8, 4) is 0 Å². The summed E-state index contributed by atoms with van der Waals surface area (Å²) in [5.74, 6) is -0.813. The third-order valence-electron chi connectivity index (χ3n) is 5.32. The van der Waals surface area contributed by atoms with Gasteiger partial charge in [-0.2, -0.15) is 5.10 Å². The highest BCUT2D eigenvalue weighted by atomic mass is 16.4. The van der Waals surface area contributed by atoms with Gasteiger partial charge in [0.25, 0.3) is 5.91 Å². The van der Waals surface area contributed by atoms with Crippen LogP contribution in [-0.2, 0) is 13.0 Å². The van der Waals surface area contributed by atoms with Gasteiger partial charge in [-0.1, -0.05) is 18.2 Å². The average molecular weight is 339 g/mol. The Kier molecular flexibility index (Phi) is 4.03. The Morgan fingerprint density at radius 2 is 1.96 bits per heavy atom. The molecular formula is C19H21N3O3. The molecule has 3 heterocycles. The zero-order valence-corrected chi connectivity index (χ0v) is 14.0. The SMILES string of the molecule is O=C(O)c1ccccc1[C@H]1CCN(C(=O)c2cnn3c2CCCC3)C1. The summed E-state index contributed by atoms with van der Waals surface area (Å²) in [4.78, 5) is 26.2. The van der Waals surface area contributed by atoms with E-state index in [-0.39, 0.29) is 11.8 Å². The van der Waals surface area contributed by atoms with E-state index in [1.54, 1.807) is 18.3 Å². The van der Waals surface area contributed by atoms with Crippen LogP contribution in [0, 0.1) is 0 Å². The highest BCUT2D eigenvalue weighted by Crippen LogP contribution is 2.31. The maximum absolute atomic E-state index is 12.9. The Morgan fingerprint density at radius 3 is 2.80 bits per heavy atom. The summed E-state index contributed by atoms with van der Waals surface area (Å²) in [5, 5.41) is 13.7. The van der Waals surface area contributed by atoms with Crippen molar-refractivity contribution in [3.05, 3.63) is 52.8 Å². The summed E-state index contributed by atoms with van der Waals surface area (Å²) in [6.45, 7) is 2.10. The van der Waals surface area contributed by atoms with E-state index < -0.39 is 5.97 Å². The molecule has 2 aliphatic heterocycles. The van der Waals surface area contributed by atoms with Gasteiger partial charge in [0.2, 0.25) is 0 Å². The number of fused-ring (bicyclic) bond motifs is 1. The number of nitrogens with zero attached hydrogens (tertiary/aromatic N) is 3. The van der Waals surface area contributed by atoms with E-state index in [9.17, 15) is 14.7 Å². The van der Waals surface area contributed by atoms with Gasteiger partial charge < -0.3 is 10.0 Å². The molecule has 6 nitrogen and oxygen atoms in total. The molecule has 130 valence electrons. The number of rotatable bonds is 3. The van der Waals surface area contributed by atoms with E-state index in [1.807, 2.05) is 21.7 Å². The normalized spacial score (nSPS) is 19.7. The summed E-state index contributed by atoms with van der Waals surface area (Å²) in [6.07, 6.45) is 5.60. The van der Waals surface area contributed by atoms with Crippen LogP contribution >= 0.6 is 0 Å². The van der Waals surface area contributed by atoms with Gasteiger partial charge >= 0.3 is 5.97 Å². The van der Waals surface area contributed by atoms with Crippen molar-refractivity contribution in [2.45, 2.75) is 38.1 Å². The van der Waals surface area contributed by atoms with Crippen LogP contribution in [0.15, 0.2) is 30.5 Å². The van der Waals surface area contributed by atoms with Gasteiger partial charge in [0.1, 0.15) is 0 Å². The van der Waals surface area contributed by atoms with Crippen LogP contribution in [0.1, 0.15) is 57.2 Å².